The molecule has 2 amide bonds. The highest BCUT2D eigenvalue weighted by Crippen LogP contribution is 2.23. The van der Waals surface area contributed by atoms with Crippen molar-refractivity contribution in [1.82, 2.24) is 5.32 Å². The predicted octanol–water partition coefficient (Wildman–Crippen LogP) is 3.81. The summed E-state index contributed by atoms with van der Waals surface area (Å²) in [5, 5.41) is 5.68. The van der Waals surface area contributed by atoms with Gasteiger partial charge in [-0.2, -0.15) is 0 Å². The van der Waals surface area contributed by atoms with Crippen molar-refractivity contribution in [2.75, 3.05) is 19.5 Å². The molecule has 0 spiro atoms. The second-order valence-electron chi connectivity index (χ2n) is 7.02. The van der Waals surface area contributed by atoms with E-state index in [1.165, 1.54) is 27.2 Å². The normalized spacial score (nSPS) is 10.2. The minimum Gasteiger partial charge on any atom is -0.497 e. The van der Waals surface area contributed by atoms with Gasteiger partial charge in [-0.05, 0) is 42.0 Å². The summed E-state index contributed by atoms with van der Waals surface area (Å²) < 4.78 is 15.5. The average molecular weight is 448 g/mol. The van der Waals surface area contributed by atoms with Crippen molar-refractivity contribution in [3.05, 3.63) is 83.4 Å². The summed E-state index contributed by atoms with van der Waals surface area (Å²) in [5.41, 5.74) is 1.97. The molecular weight excluding hydrogens is 424 g/mol. The third-order valence-electron chi connectivity index (χ3n) is 4.68. The van der Waals surface area contributed by atoms with Gasteiger partial charge in [-0.3, -0.25) is 14.4 Å². The van der Waals surface area contributed by atoms with Crippen molar-refractivity contribution in [2.45, 2.75) is 13.5 Å². The van der Waals surface area contributed by atoms with Crippen LogP contribution in [0.25, 0.3) is 0 Å². The molecule has 8 heteroatoms. The van der Waals surface area contributed by atoms with Gasteiger partial charge in [0.05, 0.1) is 14.2 Å². The smallest absolute Gasteiger partial charge is 0.308 e. The molecule has 33 heavy (non-hydrogen) atoms. The van der Waals surface area contributed by atoms with E-state index in [0.29, 0.717) is 33.9 Å². The summed E-state index contributed by atoms with van der Waals surface area (Å²) in [6.07, 6.45) is 0. The number of esters is 1. The topological polar surface area (TPSA) is 103 Å². The predicted molar refractivity (Wildman–Crippen MR) is 123 cm³/mol. The summed E-state index contributed by atoms with van der Waals surface area (Å²) in [4.78, 5) is 36.6. The fourth-order valence-corrected chi connectivity index (χ4v) is 3.07. The summed E-state index contributed by atoms with van der Waals surface area (Å²) in [5.74, 6) is 0.126. The Kier molecular flexibility index (Phi) is 7.64. The van der Waals surface area contributed by atoms with Crippen molar-refractivity contribution in [2.24, 2.45) is 0 Å². The number of ether oxygens (including phenoxy) is 3. The van der Waals surface area contributed by atoms with E-state index in [2.05, 4.69) is 10.6 Å². The van der Waals surface area contributed by atoms with Gasteiger partial charge in [0.1, 0.15) is 17.2 Å². The van der Waals surface area contributed by atoms with E-state index in [9.17, 15) is 14.4 Å². The van der Waals surface area contributed by atoms with Gasteiger partial charge in [-0.1, -0.05) is 24.3 Å². The van der Waals surface area contributed by atoms with Gasteiger partial charge in [0.2, 0.25) is 0 Å². The van der Waals surface area contributed by atoms with E-state index < -0.39 is 5.97 Å². The number of hydrogen-bond donors (Lipinski definition) is 2. The quantitative estimate of drug-likeness (QED) is 0.401. The number of hydrogen-bond acceptors (Lipinski definition) is 6. The van der Waals surface area contributed by atoms with Crippen LogP contribution in [-0.2, 0) is 11.3 Å². The average Bonchev–Trinajstić information content (AvgIpc) is 2.82. The Morgan fingerprint density at radius 1 is 0.758 bits per heavy atom. The number of benzene rings is 3. The van der Waals surface area contributed by atoms with E-state index in [4.69, 9.17) is 14.2 Å². The Hall–Kier alpha value is -4.33. The SMILES string of the molecule is COc1cc(OC)cc(C(=O)NCc2ccccc2NC(=O)c2cccc(OC(C)=O)c2)c1. The minimum absolute atomic E-state index is 0.183. The Morgan fingerprint density at radius 3 is 2.09 bits per heavy atom. The first-order valence-electron chi connectivity index (χ1n) is 10.1. The Morgan fingerprint density at radius 2 is 1.42 bits per heavy atom. The highest BCUT2D eigenvalue weighted by atomic mass is 16.5. The lowest BCUT2D eigenvalue weighted by atomic mass is 10.1. The monoisotopic (exact) mass is 448 g/mol. The van der Waals surface area contributed by atoms with Crippen LogP contribution < -0.4 is 24.8 Å². The number of methoxy groups -OCH3 is 2. The molecule has 0 heterocycles. The fraction of sp³-hybridized carbons (Fsp3) is 0.160. The minimum atomic E-state index is -0.470. The molecular formula is C25H24N2O6. The van der Waals surface area contributed by atoms with E-state index in [1.54, 1.807) is 54.6 Å². The molecule has 0 bridgehead atoms. The maximum absolute atomic E-state index is 12.7. The van der Waals surface area contributed by atoms with Crippen molar-refractivity contribution in [3.8, 4) is 17.2 Å². The van der Waals surface area contributed by atoms with Crippen molar-refractivity contribution < 1.29 is 28.6 Å². The first-order chi connectivity index (χ1) is 15.9. The van der Waals surface area contributed by atoms with Crippen LogP contribution in [0.15, 0.2) is 66.7 Å². The summed E-state index contributed by atoms with van der Waals surface area (Å²) >= 11 is 0. The highest BCUT2D eigenvalue weighted by molar-refractivity contribution is 6.05. The van der Waals surface area contributed by atoms with E-state index in [-0.39, 0.29) is 24.1 Å². The van der Waals surface area contributed by atoms with Gasteiger partial charge in [0.25, 0.3) is 11.8 Å². The van der Waals surface area contributed by atoms with Gasteiger partial charge < -0.3 is 24.8 Å². The molecule has 2 N–H and O–H groups in total. The molecule has 0 aliphatic heterocycles. The number of amides is 2. The third-order valence-corrected chi connectivity index (χ3v) is 4.68. The molecule has 3 aromatic carbocycles. The lowest BCUT2D eigenvalue weighted by molar-refractivity contribution is -0.131. The lowest BCUT2D eigenvalue weighted by Gasteiger charge is -2.13. The van der Waals surface area contributed by atoms with Crippen LogP contribution in [0.1, 0.15) is 33.2 Å². The molecule has 0 radical (unpaired) electrons. The Bertz CT molecular complexity index is 1150. The first-order valence-corrected chi connectivity index (χ1v) is 10.1. The summed E-state index contributed by atoms with van der Waals surface area (Å²) in [6.45, 7) is 1.47. The molecule has 0 atom stereocenters. The van der Waals surface area contributed by atoms with Crippen LogP contribution in [0.5, 0.6) is 17.2 Å². The maximum Gasteiger partial charge on any atom is 0.308 e. The molecule has 0 aliphatic rings. The van der Waals surface area contributed by atoms with E-state index >= 15 is 0 Å². The van der Waals surface area contributed by atoms with Crippen LogP contribution in [0, 0.1) is 0 Å². The number of carbonyl (C=O) groups is 3. The number of para-hydroxylation sites is 1. The molecule has 170 valence electrons. The van der Waals surface area contributed by atoms with E-state index in [0.717, 1.165) is 0 Å². The molecule has 0 unspecified atom stereocenters. The van der Waals surface area contributed by atoms with Gasteiger partial charge in [0.15, 0.2) is 0 Å². The zero-order chi connectivity index (χ0) is 23.8. The number of anilines is 1. The first kappa shape index (κ1) is 23.3. The highest BCUT2D eigenvalue weighted by Gasteiger charge is 2.13. The third kappa shape index (κ3) is 6.33. The second kappa shape index (κ2) is 10.8. The lowest BCUT2D eigenvalue weighted by Crippen LogP contribution is -2.24. The number of rotatable bonds is 8. The van der Waals surface area contributed by atoms with Crippen LogP contribution >= 0.6 is 0 Å². The van der Waals surface area contributed by atoms with Crippen LogP contribution in [-0.4, -0.2) is 32.0 Å². The Labute approximate surface area is 191 Å². The molecule has 3 aromatic rings. The zero-order valence-corrected chi connectivity index (χ0v) is 18.5. The molecule has 0 aliphatic carbocycles. The summed E-state index contributed by atoms with van der Waals surface area (Å²) in [6, 6.07) is 18.4. The molecule has 8 nitrogen and oxygen atoms in total. The number of nitrogens with one attached hydrogen (secondary N) is 2. The number of carbonyl (C=O) groups excluding carboxylic acids is 3. The molecule has 0 aromatic heterocycles. The van der Waals surface area contributed by atoms with E-state index in [1.807, 2.05) is 6.07 Å². The van der Waals surface area contributed by atoms with Gasteiger partial charge in [-0.15, -0.1) is 0 Å². The molecule has 0 saturated carbocycles. The van der Waals surface area contributed by atoms with Crippen molar-refractivity contribution >= 4 is 23.5 Å². The fourth-order valence-electron chi connectivity index (χ4n) is 3.07. The van der Waals surface area contributed by atoms with Crippen molar-refractivity contribution in [3.63, 3.8) is 0 Å². The molecule has 3 rings (SSSR count). The van der Waals surface area contributed by atoms with Gasteiger partial charge in [-0.25, -0.2) is 0 Å². The van der Waals surface area contributed by atoms with Gasteiger partial charge >= 0.3 is 5.97 Å². The summed E-state index contributed by atoms with van der Waals surface area (Å²) in [7, 11) is 3.02. The standard InChI is InChI=1S/C25H24N2O6/c1-16(28)33-20-9-6-8-17(11-20)25(30)27-23-10-5-4-7-18(23)15-26-24(29)19-12-21(31-2)14-22(13-19)32-3/h4-14H,15H2,1-3H3,(H,26,29)(H,27,30). The van der Waals surface area contributed by atoms with Crippen LogP contribution in [0.2, 0.25) is 0 Å². The second-order valence-corrected chi connectivity index (χ2v) is 7.02. The zero-order valence-electron chi connectivity index (χ0n) is 18.5. The Balaban J connectivity index is 1.72. The molecule has 0 fully saturated rings. The van der Waals surface area contributed by atoms with Crippen LogP contribution in [0.3, 0.4) is 0 Å². The molecule has 0 saturated heterocycles. The van der Waals surface area contributed by atoms with Gasteiger partial charge in [0, 0.05) is 36.3 Å². The van der Waals surface area contributed by atoms with Crippen molar-refractivity contribution in [1.29, 1.82) is 0 Å². The maximum atomic E-state index is 12.7. The van der Waals surface area contributed by atoms with Crippen LogP contribution in [0.4, 0.5) is 5.69 Å². The largest absolute Gasteiger partial charge is 0.497 e.